The first-order chi connectivity index (χ1) is 13.6. The maximum absolute atomic E-state index is 13.5. The number of hydrogen-bond acceptors (Lipinski definition) is 3. The third-order valence-electron chi connectivity index (χ3n) is 5.41. The lowest BCUT2D eigenvalue weighted by Crippen LogP contribution is -2.46. The predicted molar refractivity (Wildman–Crippen MR) is 107 cm³/mol. The Bertz CT molecular complexity index is 970. The molecule has 1 aromatic heterocycles. The van der Waals surface area contributed by atoms with Gasteiger partial charge in [-0.25, -0.2) is 4.98 Å². The van der Waals surface area contributed by atoms with Crippen LogP contribution in [0.25, 0.3) is 11.0 Å². The summed E-state index contributed by atoms with van der Waals surface area (Å²) in [7, 11) is 0. The van der Waals surface area contributed by atoms with Crippen molar-refractivity contribution in [3.8, 4) is 0 Å². The molecule has 2 aromatic carbocycles. The molecule has 0 aliphatic heterocycles. The fourth-order valence-corrected chi connectivity index (χ4v) is 4.57. The standard InChI is InChI=1S/C21H21F2N3OS/c22-19(23)26-17-10-5-4-9-16(17)25-20(26)28-13-18(27)24-14-21(11-6-12-21)15-7-2-1-3-8-15/h1-5,7-10,19H,6,11-14H2,(H,24,27). The molecule has 1 aliphatic carbocycles. The molecule has 3 aromatic rings. The van der Waals surface area contributed by atoms with E-state index >= 15 is 0 Å². The van der Waals surface area contributed by atoms with Gasteiger partial charge in [-0.3, -0.25) is 9.36 Å². The van der Waals surface area contributed by atoms with Crippen LogP contribution in [0.15, 0.2) is 59.8 Å². The average molecular weight is 401 g/mol. The highest BCUT2D eigenvalue weighted by atomic mass is 32.2. The zero-order valence-corrected chi connectivity index (χ0v) is 16.1. The van der Waals surface area contributed by atoms with Crippen LogP contribution in [0.1, 0.15) is 31.4 Å². The number of para-hydroxylation sites is 2. The summed E-state index contributed by atoms with van der Waals surface area (Å²) in [6, 6.07) is 17.0. The Morgan fingerprint density at radius 2 is 1.86 bits per heavy atom. The molecular formula is C21H21F2N3OS. The van der Waals surface area contributed by atoms with Gasteiger partial charge in [0.25, 0.3) is 0 Å². The molecule has 0 unspecified atom stereocenters. The molecular weight excluding hydrogens is 380 g/mol. The van der Waals surface area contributed by atoms with Crippen molar-refractivity contribution in [2.24, 2.45) is 0 Å². The van der Waals surface area contributed by atoms with Crippen LogP contribution in [-0.4, -0.2) is 27.8 Å². The van der Waals surface area contributed by atoms with Crippen LogP contribution in [0.4, 0.5) is 8.78 Å². The van der Waals surface area contributed by atoms with Gasteiger partial charge in [-0.2, -0.15) is 8.78 Å². The highest BCUT2D eigenvalue weighted by Gasteiger charge is 2.38. The van der Waals surface area contributed by atoms with Gasteiger partial charge in [-0.15, -0.1) is 0 Å². The van der Waals surface area contributed by atoms with Gasteiger partial charge >= 0.3 is 6.55 Å². The van der Waals surface area contributed by atoms with Crippen LogP contribution in [0.3, 0.4) is 0 Å². The molecule has 0 radical (unpaired) electrons. The number of hydrogen-bond donors (Lipinski definition) is 1. The summed E-state index contributed by atoms with van der Waals surface area (Å²) in [6.45, 7) is -2.13. The zero-order valence-electron chi connectivity index (χ0n) is 15.3. The minimum absolute atomic E-state index is 0.00227. The first kappa shape index (κ1) is 18.9. The van der Waals surface area contributed by atoms with Crippen molar-refractivity contribution >= 4 is 28.7 Å². The molecule has 0 bridgehead atoms. The third-order valence-corrected chi connectivity index (χ3v) is 6.36. The summed E-state index contributed by atoms with van der Waals surface area (Å²) in [5.74, 6) is -0.110. The summed E-state index contributed by atoms with van der Waals surface area (Å²) in [5.41, 5.74) is 2.12. The SMILES string of the molecule is O=C(CSc1nc2ccccc2n1C(F)F)NCC1(c2ccccc2)CCC1. The molecule has 1 aliphatic rings. The zero-order chi connectivity index (χ0) is 19.6. The highest BCUT2D eigenvalue weighted by Crippen LogP contribution is 2.43. The van der Waals surface area contributed by atoms with Gasteiger partial charge < -0.3 is 5.32 Å². The molecule has 0 atom stereocenters. The molecule has 1 saturated carbocycles. The van der Waals surface area contributed by atoms with Gasteiger partial charge in [0.2, 0.25) is 5.91 Å². The number of imidazole rings is 1. The number of halogens is 2. The van der Waals surface area contributed by atoms with Gasteiger partial charge in [0, 0.05) is 12.0 Å². The number of carbonyl (C=O) groups is 1. The third kappa shape index (κ3) is 3.63. The van der Waals surface area contributed by atoms with Crippen molar-refractivity contribution < 1.29 is 13.6 Å². The monoisotopic (exact) mass is 401 g/mol. The number of fused-ring (bicyclic) bond motifs is 1. The second-order valence-corrected chi connectivity index (χ2v) is 8.04. The maximum Gasteiger partial charge on any atom is 0.321 e. The molecule has 0 saturated heterocycles. The van der Waals surface area contributed by atoms with Gasteiger partial charge in [0.15, 0.2) is 5.16 Å². The number of benzene rings is 2. The van der Waals surface area contributed by atoms with Crippen molar-refractivity contribution in [2.75, 3.05) is 12.3 Å². The fraction of sp³-hybridized carbons (Fsp3) is 0.333. The first-order valence-electron chi connectivity index (χ1n) is 9.29. The lowest BCUT2D eigenvalue weighted by molar-refractivity contribution is -0.119. The summed E-state index contributed by atoms with van der Waals surface area (Å²) < 4.78 is 27.8. The molecule has 1 fully saturated rings. The molecule has 4 rings (SSSR count). The van der Waals surface area contributed by atoms with Gasteiger partial charge in [-0.1, -0.05) is 60.6 Å². The Labute approximate surface area is 166 Å². The van der Waals surface area contributed by atoms with Crippen molar-refractivity contribution in [2.45, 2.75) is 36.4 Å². The van der Waals surface area contributed by atoms with E-state index in [4.69, 9.17) is 0 Å². The largest absolute Gasteiger partial charge is 0.354 e. The van der Waals surface area contributed by atoms with Crippen LogP contribution >= 0.6 is 11.8 Å². The summed E-state index contributed by atoms with van der Waals surface area (Å²) >= 11 is 1.04. The first-order valence-corrected chi connectivity index (χ1v) is 10.3. The summed E-state index contributed by atoms with van der Waals surface area (Å²) in [6.07, 6.45) is 3.25. The van der Waals surface area contributed by atoms with Crippen molar-refractivity contribution in [1.29, 1.82) is 0 Å². The van der Waals surface area contributed by atoms with E-state index < -0.39 is 6.55 Å². The molecule has 1 amide bonds. The number of carbonyl (C=O) groups excluding carboxylic acids is 1. The number of thioether (sulfide) groups is 1. The lowest BCUT2D eigenvalue weighted by Gasteiger charge is -2.42. The van der Waals surface area contributed by atoms with Crippen molar-refractivity contribution in [1.82, 2.24) is 14.9 Å². The number of nitrogens with zero attached hydrogens (tertiary/aromatic N) is 2. The van der Waals surface area contributed by atoms with E-state index in [1.807, 2.05) is 18.2 Å². The molecule has 146 valence electrons. The molecule has 0 spiro atoms. The van der Waals surface area contributed by atoms with Crippen LogP contribution in [-0.2, 0) is 10.2 Å². The maximum atomic E-state index is 13.5. The second kappa shape index (κ2) is 7.91. The second-order valence-electron chi connectivity index (χ2n) is 7.10. The van der Waals surface area contributed by atoms with E-state index in [1.54, 1.807) is 24.3 Å². The molecule has 1 N–H and O–H groups in total. The van der Waals surface area contributed by atoms with E-state index in [1.165, 1.54) is 5.56 Å². The Balaban J connectivity index is 1.40. The minimum Gasteiger partial charge on any atom is -0.354 e. The molecule has 1 heterocycles. The Morgan fingerprint density at radius 1 is 1.14 bits per heavy atom. The smallest absolute Gasteiger partial charge is 0.321 e. The molecule has 7 heteroatoms. The van der Waals surface area contributed by atoms with E-state index in [0.29, 0.717) is 17.6 Å². The van der Waals surface area contributed by atoms with Gasteiger partial charge in [-0.05, 0) is 30.5 Å². The molecule has 28 heavy (non-hydrogen) atoms. The van der Waals surface area contributed by atoms with Gasteiger partial charge in [0.1, 0.15) is 0 Å². The van der Waals surface area contributed by atoms with E-state index in [0.717, 1.165) is 35.6 Å². The number of rotatable bonds is 7. The van der Waals surface area contributed by atoms with Crippen LogP contribution in [0.5, 0.6) is 0 Å². The van der Waals surface area contributed by atoms with Crippen LogP contribution in [0, 0.1) is 0 Å². The Hall–Kier alpha value is -2.41. The summed E-state index contributed by atoms with van der Waals surface area (Å²) in [5, 5.41) is 3.15. The van der Waals surface area contributed by atoms with Crippen LogP contribution in [0.2, 0.25) is 0 Å². The van der Waals surface area contributed by atoms with Crippen molar-refractivity contribution in [3.05, 3.63) is 60.2 Å². The molecule has 4 nitrogen and oxygen atoms in total. The number of amides is 1. The average Bonchev–Trinajstić information content (AvgIpc) is 3.05. The van der Waals surface area contributed by atoms with Gasteiger partial charge in [0.05, 0.1) is 16.8 Å². The lowest BCUT2D eigenvalue weighted by atomic mass is 9.64. The topological polar surface area (TPSA) is 46.9 Å². The number of alkyl halides is 2. The van der Waals surface area contributed by atoms with Crippen molar-refractivity contribution in [3.63, 3.8) is 0 Å². The normalized spacial score (nSPS) is 15.5. The summed E-state index contributed by atoms with van der Waals surface area (Å²) in [4.78, 5) is 16.6. The van der Waals surface area contributed by atoms with E-state index in [9.17, 15) is 13.6 Å². The highest BCUT2D eigenvalue weighted by molar-refractivity contribution is 7.99. The Kier molecular flexibility index (Phi) is 5.35. The number of nitrogens with one attached hydrogen (secondary N) is 1. The predicted octanol–water partition coefficient (Wildman–Crippen LogP) is 4.76. The van der Waals surface area contributed by atoms with Crippen LogP contribution < -0.4 is 5.32 Å². The number of aromatic nitrogens is 2. The fourth-order valence-electron chi connectivity index (χ4n) is 3.72. The van der Waals surface area contributed by atoms with E-state index in [2.05, 4.69) is 22.4 Å². The Morgan fingerprint density at radius 3 is 2.54 bits per heavy atom. The quantitative estimate of drug-likeness (QED) is 0.581. The van der Waals surface area contributed by atoms with E-state index in [-0.39, 0.29) is 22.2 Å². The minimum atomic E-state index is -2.70.